The van der Waals surface area contributed by atoms with Crippen LogP contribution in [0.1, 0.15) is 35.8 Å². The number of aryl methyl sites for hydroxylation is 1. The highest BCUT2D eigenvalue weighted by Crippen LogP contribution is 2.17. The predicted molar refractivity (Wildman–Crippen MR) is 75.0 cm³/mol. The molecule has 108 valence electrons. The SMILES string of the molecule is CCCc1cc(C(=O)O)cc(N2CCNC(=O)CC2)n1. The van der Waals surface area contributed by atoms with Crippen molar-refractivity contribution in [2.75, 3.05) is 24.5 Å². The molecule has 0 aromatic carbocycles. The highest BCUT2D eigenvalue weighted by molar-refractivity contribution is 5.88. The van der Waals surface area contributed by atoms with E-state index in [0.29, 0.717) is 31.9 Å². The average Bonchev–Trinajstić information content (AvgIpc) is 2.63. The number of anilines is 1. The molecular formula is C14H19N3O3. The summed E-state index contributed by atoms with van der Waals surface area (Å²) in [5.41, 5.74) is 1.04. The number of carboxylic acid groups (broad SMARTS) is 1. The van der Waals surface area contributed by atoms with E-state index in [0.717, 1.165) is 18.5 Å². The summed E-state index contributed by atoms with van der Waals surface area (Å²) in [6.45, 7) is 3.80. The maximum Gasteiger partial charge on any atom is 0.335 e. The molecule has 1 aromatic heterocycles. The predicted octanol–water partition coefficient (Wildman–Crippen LogP) is 1.06. The van der Waals surface area contributed by atoms with Gasteiger partial charge in [-0.25, -0.2) is 9.78 Å². The molecule has 6 heteroatoms. The summed E-state index contributed by atoms with van der Waals surface area (Å²) in [6, 6.07) is 3.20. The molecule has 0 radical (unpaired) electrons. The summed E-state index contributed by atoms with van der Waals surface area (Å²) in [6.07, 6.45) is 2.07. The fourth-order valence-corrected chi connectivity index (χ4v) is 2.24. The Balaban J connectivity index is 2.29. The van der Waals surface area contributed by atoms with E-state index in [1.807, 2.05) is 11.8 Å². The normalized spacial score (nSPS) is 15.7. The summed E-state index contributed by atoms with van der Waals surface area (Å²) < 4.78 is 0. The molecule has 2 heterocycles. The number of hydrogen-bond acceptors (Lipinski definition) is 4. The van der Waals surface area contributed by atoms with Gasteiger partial charge in [-0.1, -0.05) is 13.3 Å². The van der Waals surface area contributed by atoms with Crippen molar-refractivity contribution in [2.24, 2.45) is 0 Å². The molecule has 0 bridgehead atoms. The van der Waals surface area contributed by atoms with E-state index >= 15 is 0 Å². The summed E-state index contributed by atoms with van der Waals surface area (Å²) in [5.74, 6) is -0.282. The van der Waals surface area contributed by atoms with E-state index in [4.69, 9.17) is 0 Å². The molecular weight excluding hydrogens is 258 g/mol. The van der Waals surface area contributed by atoms with Crippen molar-refractivity contribution in [2.45, 2.75) is 26.2 Å². The minimum Gasteiger partial charge on any atom is -0.478 e. The molecule has 1 saturated heterocycles. The van der Waals surface area contributed by atoms with Gasteiger partial charge in [0.25, 0.3) is 0 Å². The standard InChI is InChI=1S/C14H19N3O3/c1-2-3-11-8-10(14(19)20)9-12(16-11)17-6-4-13(18)15-5-7-17/h8-9H,2-7H2,1H3,(H,15,18)(H,19,20). The molecule has 0 saturated carbocycles. The van der Waals surface area contributed by atoms with E-state index in [9.17, 15) is 14.7 Å². The monoisotopic (exact) mass is 277 g/mol. The van der Waals surface area contributed by atoms with Crippen LogP contribution in [0.2, 0.25) is 0 Å². The number of carbonyl (C=O) groups excluding carboxylic acids is 1. The number of pyridine rings is 1. The Morgan fingerprint density at radius 3 is 2.95 bits per heavy atom. The number of aromatic nitrogens is 1. The van der Waals surface area contributed by atoms with Crippen molar-refractivity contribution in [1.29, 1.82) is 0 Å². The van der Waals surface area contributed by atoms with Gasteiger partial charge in [0.2, 0.25) is 5.91 Å². The lowest BCUT2D eigenvalue weighted by Gasteiger charge is -2.21. The number of rotatable bonds is 4. The lowest BCUT2D eigenvalue weighted by Crippen LogP contribution is -2.29. The van der Waals surface area contributed by atoms with Crippen molar-refractivity contribution < 1.29 is 14.7 Å². The second-order valence-electron chi connectivity index (χ2n) is 4.85. The second kappa shape index (κ2) is 6.36. The number of amides is 1. The molecule has 2 rings (SSSR count). The number of nitrogens with one attached hydrogen (secondary N) is 1. The summed E-state index contributed by atoms with van der Waals surface area (Å²) in [7, 11) is 0. The zero-order valence-corrected chi connectivity index (χ0v) is 11.6. The Morgan fingerprint density at radius 1 is 1.45 bits per heavy atom. The minimum absolute atomic E-state index is 0.0238. The Kier molecular flexibility index (Phi) is 4.55. The molecule has 2 N–H and O–H groups in total. The van der Waals surface area contributed by atoms with E-state index < -0.39 is 5.97 Å². The lowest BCUT2D eigenvalue weighted by atomic mass is 10.1. The van der Waals surface area contributed by atoms with Gasteiger partial charge in [0, 0.05) is 31.7 Å². The average molecular weight is 277 g/mol. The van der Waals surface area contributed by atoms with Gasteiger partial charge < -0.3 is 15.3 Å². The number of hydrogen-bond donors (Lipinski definition) is 2. The van der Waals surface area contributed by atoms with E-state index in [2.05, 4.69) is 10.3 Å². The van der Waals surface area contributed by atoms with Crippen LogP contribution in [0, 0.1) is 0 Å². The molecule has 6 nitrogen and oxygen atoms in total. The van der Waals surface area contributed by atoms with E-state index in [-0.39, 0.29) is 11.5 Å². The minimum atomic E-state index is -0.949. The third-order valence-electron chi connectivity index (χ3n) is 3.25. The number of aromatic carboxylic acids is 1. The Bertz CT molecular complexity index is 516. The van der Waals surface area contributed by atoms with Crippen LogP contribution in [0.4, 0.5) is 5.82 Å². The molecule has 1 fully saturated rings. The fourth-order valence-electron chi connectivity index (χ4n) is 2.24. The van der Waals surface area contributed by atoms with Gasteiger partial charge >= 0.3 is 5.97 Å². The van der Waals surface area contributed by atoms with Crippen LogP contribution in [0.3, 0.4) is 0 Å². The van der Waals surface area contributed by atoms with Crippen molar-refractivity contribution in [1.82, 2.24) is 10.3 Å². The fraction of sp³-hybridized carbons (Fsp3) is 0.500. The zero-order valence-electron chi connectivity index (χ0n) is 11.6. The number of carbonyl (C=O) groups is 2. The summed E-state index contributed by atoms with van der Waals surface area (Å²) in [4.78, 5) is 29.0. The summed E-state index contributed by atoms with van der Waals surface area (Å²) >= 11 is 0. The van der Waals surface area contributed by atoms with E-state index in [1.54, 1.807) is 12.1 Å². The number of nitrogens with zero attached hydrogens (tertiary/aromatic N) is 2. The third-order valence-corrected chi connectivity index (χ3v) is 3.25. The topological polar surface area (TPSA) is 82.5 Å². The largest absolute Gasteiger partial charge is 0.478 e. The van der Waals surface area contributed by atoms with Gasteiger partial charge in [0.15, 0.2) is 0 Å². The molecule has 0 aliphatic carbocycles. The molecule has 0 atom stereocenters. The highest BCUT2D eigenvalue weighted by Gasteiger charge is 2.17. The second-order valence-corrected chi connectivity index (χ2v) is 4.85. The van der Waals surface area contributed by atoms with Gasteiger partial charge in [-0.15, -0.1) is 0 Å². The van der Waals surface area contributed by atoms with Crippen LogP contribution < -0.4 is 10.2 Å². The zero-order chi connectivity index (χ0) is 14.5. The van der Waals surface area contributed by atoms with Gasteiger partial charge in [-0.05, 0) is 18.6 Å². The molecule has 0 unspecified atom stereocenters. The third kappa shape index (κ3) is 3.46. The maximum absolute atomic E-state index is 11.4. The van der Waals surface area contributed by atoms with Crippen LogP contribution in [0.25, 0.3) is 0 Å². The highest BCUT2D eigenvalue weighted by atomic mass is 16.4. The van der Waals surface area contributed by atoms with Gasteiger partial charge in [-0.3, -0.25) is 4.79 Å². The number of carboxylic acids is 1. The van der Waals surface area contributed by atoms with Gasteiger partial charge in [-0.2, -0.15) is 0 Å². The smallest absolute Gasteiger partial charge is 0.335 e. The van der Waals surface area contributed by atoms with Gasteiger partial charge in [0.1, 0.15) is 5.82 Å². The maximum atomic E-state index is 11.4. The van der Waals surface area contributed by atoms with Crippen molar-refractivity contribution in [3.8, 4) is 0 Å². The first-order valence-corrected chi connectivity index (χ1v) is 6.86. The quantitative estimate of drug-likeness (QED) is 0.860. The van der Waals surface area contributed by atoms with Crippen LogP contribution in [-0.4, -0.2) is 41.6 Å². The molecule has 1 aliphatic rings. The van der Waals surface area contributed by atoms with Crippen LogP contribution in [0.5, 0.6) is 0 Å². The Morgan fingerprint density at radius 2 is 2.25 bits per heavy atom. The van der Waals surface area contributed by atoms with Crippen molar-refractivity contribution in [3.05, 3.63) is 23.4 Å². The molecule has 1 aromatic rings. The van der Waals surface area contributed by atoms with Crippen LogP contribution in [0.15, 0.2) is 12.1 Å². The first-order chi connectivity index (χ1) is 9.60. The molecule has 1 amide bonds. The first-order valence-electron chi connectivity index (χ1n) is 6.86. The first kappa shape index (κ1) is 14.3. The lowest BCUT2D eigenvalue weighted by molar-refractivity contribution is -0.120. The molecule has 0 spiro atoms. The Labute approximate surface area is 117 Å². The van der Waals surface area contributed by atoms with Crippen LogP contribution >= 0.6 is 0 Å². The molecule has 20 heavy (non-hydrogen) atoms. The van der Waals surface area contributed by atoms with E-state index in [1.165, 1.54) is 0 Å². The summed E-state index contributed by atoms with van der Waals surface area (Å²) in [5, 5.41) is 12.0. The van der Waals surface area contributed by atoms with Crippen molar-refractivity contribution in [3.63, 3.8) is 0 Å². The van der Waals surface area contributed by atoms with Crippen molar-refractivity contribution >= 4 is 17.7 Å². The van der Waals surface area contributed by atoms with Gasteiger partial charge in [0.05, 0.1) is 5.56 Å². The molecule has 1 aliphatic heterocycles. The Hall–Kier alpha value is -2.11. The van der Waals surface area contributed by atoms with Crippen LogP contribution in [-0.2, 0) is 11.2 Å².